The first-order valence-electron chi connectivity index (χ1n) is 12.1. The quantitative estimate of drug-likeness (QED) is 0.330. The van der Waals surface area contributed by atoms with Gasteiger partial charge in [0.1, 0.15) is 11.5 Å². The van der Waals surface area contributed by atoms with E-state index >= 15 is 0 Å². The minimum Gasteiger partial charge on any atom is -0.465 e. The average molecular weight is 516 g/mol. The largest absolute Gasteiger partial charge is 0.465 e. The summed E-state index contributed by atoms with van der Waals surface area (Å²) in [6, 6.07) is 14.7. The summed E-state index contributed by atoms with van der Waals surface area (Å²) in [6.07, 6.45) is 3.53. The van der Waals surface area contributed by atoms with E-state index in [1.807, 2.05) is 51.1 Å². The summed E-state index contributed by atoms with van der Waals surface area (Å²) in [7, 11) is 1.30. The van der Waals surface area contributed by atoms with E-state index in [0.717, 1.165) is 21.3 Å². The van der Waals surface area contributed by atoms with Gasteiger partial charge in [0.25, 0.3) is 0 Å². The normalized spacial score (nSPS) is 10.7. The van der Waals surface area contributed by atoms with Gasteiger partial charge in [-0.3, -0.25) is 9.55 Å². The Hall–Kier alpha value is -4.73. The number of hydrogen-bond donors (Lipinski definition) is 1. The number of pyridine rings is 1. The summed E-state index contributed by atoms with van der Waals surface area (Å²) in [5, 5.41) is 3.13. The zero-order chi connectivity index (χ0) is 27.2. The molecule has 38 heavy (non-hydrogen) atoms. The Bertz CT molecular complexity index is 1570. The second-order valence-electron chi connectivity index (χ2n) is 8.83. The monoisotopic (exact) mass is 515 g/mol. The Kier molecular flexibility index (Phi) is 8.00. The SMILES string of the molecule is CCCn1c(=O)nc(Nc2ccc(Oc3cncc(C(=O)OC)c3)c(C)c2)n(Cc2ccc(C)cc2)c1=O. The molecule has 0 aliphatic carbocycles. The van der Waals surface area contributed by atoms with E-state index in [1.165, 1.54) is 24.1 Å². The number of anilines is 2. The first-order valence-corrected chi connectivity index (χ1v) is 12.1. The van der Waals surface area contributed by atoms with Gasteiger partial charge < -0.3 is 14.8 Å². The Morgan fingerprint density at radius 2 is 1.76 bits per heavy atom. The molecule has 10 nitrogen and oxygen atoms in total. The van der Waals surface area contributed by atoms with Crippen molar-refractivity contribution in [2.45, 2.75) is 40.3 Å². The Labute approximate surface area is 219 Å². The first kappa shape index (κ1) is 26.3. The second kappa shape index (κ2) is 11.5. The Morgan fingerprint density at radius 1 is 1.00 bits per heavy atom. The molecule has 2 aromatic heterocycles. The van der Waals surface area contributed by atoms with Crippen LogP contribution < -0.4 is 21.4 Å². The Balaban J connectivity index is 1.64. The molecule has 0 bridgehead atoms. The molecule has 4 aromatic rings. The van der Waals surface area contributed by atoms with E-state index < -0.39 is 17.3 Å². The van der Waals surface area contributed by atoms with Gasteiger partial charge in [-0.2, -0.15) is 4.98 Å². The molecular weight excluding hydrogens is 486 g/mol. The predicted molar refractivity (Wildman–Crippen MR) is 143 cm³/mol. The van der Waals surface area contributed by atoms with Crippen molar-refractivity contribution in [2.75, 3.05) is 12.4 Å². The van der Waals surface area contributed by atoms with Gasteiger partial charge in [0.15, 0.2) is 0 Å². The van der Waals surface area contributed by atoms with Crippen LogP contribution in [0.25, 0.3) is 0 Å². The molecule has 0 unspecified atom stereocenters. The van der Waals surface area contributed by atoms with Gasteiger partial charge in [0.2, 0.25) is 5.95 Å². The lowest BCUT2D eigenvalue weighted by Crippen LogP contribution is -2.42. The van der Waals surface area contributed by atoms with E-state index in [0.29, 0.717) is 23.6 Å². The molecule has 0 radical (unpaired) electrons. The molecule has 1 N–H and O–H groups in total. The van der Waals surface area contributed by atoms with E-state index in [-0.39, 0.29) is 24.6 Å². The van der Waals surface area contributed by atoms with Crippen LogP contribution in [0.5, 0.6) is 11.5 Å². The number of esters is 1. The van der Waals surface area contributed by atoms with Crippen molar-refractivity contribution in [1.82, 2.24) is 19.1 Å². The molecule has 0 atom stereocenters. The summed E-state index contributed by atoms with van der Waals surface area (Å²) >= 11 is 0. The zero-order valence-electron chi connectivity index (χ0n) is 21.7. The molecule has 0 amide bonds. The molecule has 2 heterocycles. The molecule has 0 aliphatic heterocycles. The number of nitrogens with zero attached hydrogens (tertiary/aromatic N) is 4. The molecular formula is C28H29N5O5. The van der Waals surface area contributed by atoms with Crippen LogP contribution in [-0.4, -0.2) is 32.2 Å². The molecule has 0 saturated carbocycles. The van der Waals surface area contributed by atoms with Gasteiger partial charge in [-0.1, -0.05) is 36.8 Å². The first-order chi connectivity index (χ1) is 18.3. The molecule has 10 heteroatoms. The predicted octanol–water partition coefficient (Wildman–Crippen LogP) is 4.20. The fourth-order valence-corrected chi connectivity index (χ4v) is 3.86. The highest BCUT2D eigenvalue weighted by molar-refractivity contribution is 5.89. The molecule has 0 spiro atoms. The molecule has 196 valence electrons. The smallest absolute Gasteiger partial charge is 0.354 e. The van der Waals surface area contributed by atoms with Crippen LogP contribution in [0, 0.1) is 13.8 Å². The van der Waals surface area contributed by atoms with Crippen LogP contribution in [0.15, 0.2) is 70.5 Å². The minimum absolute atomic E-state index is 0.149. The summed E-state index contributed by atoms with van der Waals surface area (Å²) in [4.78, 5) is 45.9. The molecule has 0 fully saturated rings. The molecule has 0 saturated heterocycles. The van der Waals surface area contributed by atoms with Crippen molar-refractivity contribution in [3.05, 3.63) is 104 Å². The Morgan fingerprint density at radius 3 is 2.45 bits per heavy atom. The summed E-state index contributed by atoms with van der Waals surface area (Å²) < 4.78 is 13.3. The summed E-state index contributed by atoms with van der Waals surface area (Å²) in [5.74, 6) is 0.563. The maximum atomic E-state index is 13.3. The van der Waals surface area contributed by atoms with Crippen molar-refractivity contribution in [3.8, 4) is 11.5 Å². The zero-order valence-corrected chi connectivity index (χ0v) is 21.7. The number of ether oxygens (including phenoxy) is 2. The lowest BCUT2D eigenvalue weighted by molar-refractivity contribution is 0.0600. The van der Waals surface area contributed by atoms with E-state index in [1.54, 1.807) is 18.2 Å². The number of methoxy groups -OCH3 is 1. The number of hydrogen-bond acceptors (Lipinski definition) is 8. The molecule has 2 aromatic carbocycles. The van der Waals surface area contributed by atoms with E-state index in [4.69, 9.17) is 9.47 Å². The van der Waals surface area contributed by atoms with Crippen molar-refractivity contribution in [1.29, 1.82) is 0 Å². The van der Waals surface area contributed by atoms with Gasteiger partial charge in [-0.15, -0.1) is 0 Å². The third-order valence-corrected chi connectivity index (χ3v) is 5.85. The number of benzene rings is 2. The van der Waals surface area contributed by atoms with Crippen LogP contribution in [-0.2, 0) is 17.8 Å². The number of carbonyl (C=O) groups is 1. The third kappa shape index (κ3) is 5.97. The van der Waals surface area contributed by atoms with Crippen LogP contribution in [0.3, 0.4) is 0 Å². The molecule has 4 rings (SSSR count). The van der Waals surface area contributed by atoms with Crippen LogP contribution in [0.4, 0.5) is 11.6 Å². The van der Waals surface area contributed by atoms with Gasteiger partial charge in [-0.25, -0.2) is 19.0 Å². The average Bonchev–Trinajstić information content (AvgIpc) is 2.91. The van der Waals surface area contributed by atoms with Gasteiger partial charge in [-0.05, 0) is 55.7 Å². The fourth-order valence-electron chi connectivity index (χ4n) is 3.86. The fraction of sp³-hybridized carbons (Fsp3) is 0.250. The van der Waals surface area contributed by atoms with Crippen molar-refractivity contribution >= 4 is 17.6 Å². The van der Waals surface area contributed by atoms with Crippen molar-refractivity contribution < 1.29 is 14.3 Å². The number of rotatable bonds is 9. The maximum absolute atomic E-state index is 13.3. The third-order valence-electron chi connectivity index (χ3n) is 5.85. The highest BCUT2D eigenvalue weighted by Crippen LogP contribution is 2.28. The number of carbonyl (C=O) groups excluding carboxylic acids is 1. The number of nitrogens with one attached hydrogen (secondary N) is 1. The van der Waals surface area contributed by atoms with E-state index in [2.05, 4.69) is 15.3 Å². The highest BCUT2D eigenvalue weighted by Gasteiger charge is 2.15. The van der Waals surface area contributed by atoms with Crippen LogP contribution in [0.1, 0.15) is 40.4 Å². The summed E-state index contributed by atoms with van der Waals surface area (Å²) in [5.41, 5.74) is 2.65. The van der Waals surface area contributed by atoms with Gasteiger partial charge in [0, 0.05) is 18.4 Å². The van der Waals surface area contributed by atoms with Crippen LogP contribution in [0.2, 0.25) is 0 Å². The molecule has 0 aliphatic rings. The highest BCUT2D eigenvalue weighted by atomic mass is 16.5. The van der Waals surface area contributed by atoms with Gasteiger partial charge >= 0.3 is 17.3 Å². The minimum atomic E-state index is -0.603. The van der Waals surface area contributed by atoms with Crippen molar-refractivity contribution in [2.24, 2.45) is 0 Å². The second-order valence-corrected chi connectivity index (χ2v) is 8.83. The van der Waals surface area contributed by atoms with Crippen LogP contribution >= 0.6 is 0 Å². The number of aromatic nitrogens is 4. The van der Waals surface area contributed by atoms with Crippen molar-refractivity contribution in [3.63, 3.8) is 0 Å². The topological polar surface area (TPSA) is 117 Å². The standard InChI is InChI=1S/C28H29N5O5/c1-5-12-32-27(35)31-26(33(28(32)36)17-20-8-6-18(2)7-9-20)30-22-10-11-24(19(3)13-22)38-23-14-21(15-29-16-23)25(34)37-4/h6-11,13-16H,5,12,17H2,1-4H3,(H,30,31,35). The maximum Gasteiger partial charge on any atom is 0.354 e. The summed E-state index contributed by atoms with van der Waals surface area (Å²) in [6.45, 7) is 6.28. The van der Waals surface area contributed by atoms with Gasteiger partial charge in [0.05, 0.1) is 25.4 Å². The number of aryl methyl sites for hydroxylation is 2. The lowest BCUT2D eigenvalue weighted by Gasteiger charge is -2.16. The lowest BCUT2D eigenvalue weighted by atomic mass is 10.1. The van der Waals surface area contributed by atoms with E-state index in [9.17, 15) is 14.4 Å².